The Balaban J connectivity index is 1.47. The average Bonchev–Trinajstić information content (AvgIpc) is 2.84. The zero-order chi connectivity index (χ0) is 24.5. The summed E-state index contributed by atoms with van der Waals surface area (Å²) in [6, 6.07) is 13.5. The van der Waals surface area contributed by atoms with E-state index in [0.717, 1.165) is 19.3 Å². The van der Waals surface area contributed by atoms with Gasteiger partial charge in [0.25, 0.3) is 5.56 Å². The van der Waals surface area contributed by atoms with Crippen molar-refractivity contribution in [3.8, 4) is 11.5 Å². The Labute approximate surface area is 198 Å². The lowest BCUT2D eigenvalue weighted by atomic mass is 10.1. The SMILES string of the molecule is COc1cc2[nH]c(=O)n(CCCCCC(=O)N[C@H](C)CCc3ccccc3)c(=O)c2cc1OC. The average molecular weight is 468 g/mol. The van der Waals surface area contributed by atoms with Crippen molar-refractivity contribution in [3.05, 3.63) is 68.9 Å². The van der Waals surface area contributed by atoms with Crippen molar-refractivity contribution in [2.45, 2.75) is 58.0 Å². The first-order valence-electron chi connectivity index (χ1n) is 11.6. The number of aromatic amines is 1. The van der Waals surface area contributed by atoms with Crippen molar-refractivity contribution >= 4 is 16.8 Å². The van der Waals surface area contributed by atoms with Crippen LogP contribution in [0.5, 0.6) is 11.5 Å². The highest BCUT2D eigenvalue weighted by Crippen LogP contribution is 2.29. The molecule has 0 bridgehead atoms. The molecule has 8 heteroatoms. The van der Waals surface area contributed by atoms with E-state index in [4.69, 9.17) is 9.47 Å². The quantitative estimate of drug-likeness (QED) is 0.398. The minimum atomic E-state index is -0.463. The molecule has 3 rings (SSSR count). The Morgan fingerprint density at radius 2 is 1.74 bits per heavy atom. The number of fused-ring (bicyclic) bond motifs is 1. The molecule has 182 valence electrons. The second-order valence-corrected chi connectivity index (χ2v) is 8.44. The molecule has 1 aromatic heterocycles. The van der Waals surface area contributed by atoms with Crippen molar-refractivity contribution in [1.82, 2.24) is 14.9 Å². The molecule has 1 atom stereocenters. The summed E-state index contributed by atoms with van der Waals surface area (Å²) in [6.45, 7) is 2.30. The van der Waals surface area contributed by atoms with Crippen LogP contribution in [0.3, 0.4) is 0 Å². The van der Waals surface area contributed by atoms with Crippen LogP contribution in [-0.4, -0.2) is 35.7 Å². The second kappa shape index (κ2) is 12.1. The fourth-order valence-electron chi connectivity index (χ4n) is 3.96. The summed E-state index contributed by atoms with van der Waals surface area (Å²) in [5.41, 5.74) is 0.835. The predicted octanol–water partition coefficient (Wildman–Crippen LogP) is 3.40. The third-order valence-corrected chi connectivity index (χ3v) is 5.89. The van der Waals surface area contributed by atoms with Crippen LogP contribution in [0.1, 0.15) is 44.6 Å². The van der Waals surface area contributed by atoms with Gasteiger partial charge in [0.2, 0.25) is 5.91 Å². The molecule has 0 unspecified atom stereocenters. The number of hydrogen-bond donors (Lipinski definition) is 2. The number of carbonyl (C=O) groups is 1. The van der Waals surface area contributed by atoms with Crippen molar-refractivity contribution in [3.63, 3.8) is 0 Å². The van der Waals surface area contributed by atoms with E-state index in [1.165, 1.54) is 24.4 Å². The molecule has 34 heavy (non-hydrogen) atoms. The van der Waals surface area contributed by atoms with Crippen molar-refractivity contribution in [2.75, 3.05) is 14.2 Å². The third kappa shape index (κ3) is 6.50. The number of nitrogens with zero attached hydrogens (tertiary/aromatic N) is 1. The number of unbranched alkanes of at least 4 members (excludes halogenated alkanes) is 2. The van der Waals surface area contributed by atoms with Gasteiger partial charge >= 0.3 is 5.69 Å². The van der Waals surface area contributed by atoms with Crippen LogP contribution in [0, 0.1) is 0 Å². The molecule has 1 amide bonds. The minimum Gasteiger partial charge on any atom is -0.493 e. The van der Waals surface area contributed by atoms with Crippen molar-refractivity contribution in [1.29, 1.82) is 0 Å². The third-order valence-electron chi connectivity index (χ3n) is 5.89. The molecule has 1 heterocycles. The maximum atomic E-state index is 12.9. The number of methoxy groups -OCH3 is 2. The van der Waals surface area contributed by atoms with E-state index in [1.807, 2.05) is 25.1 Å². The summed E-state index contributed by atoms with van der Waals surface area (Å²) in [4.78, 5) is 40.3. The fourth-order valence-corrected chi connectivity index (χ4v) is 3.96. The topological polar surface area (TPSA) is 102 Å². The van der Waals surface area contributed by atoms with E-state index < -0.39 is 5.69 Å². The lowest BCUT2D eigenvalue weighted by molar-refractivity contribution is -0.121. The highest BCUT2D eigenvalue weighted by Gasteiger charge is 2.13. The Hall–Kier alpha value is -3.55. The number of aryl methyl sites for hydroxylation is 1. The summed E-state index contributed by atoms with van der Waals surface area (Å²) in [5, 5.41) is 3.41. The molecule has 0 aliphatic carbocycles. The van der Waals surface area contributed by atoms with Gasteiger partial charge < -0.3 is 19.8 Å². The summed E-state index contributed by atoms with van der Waals surface area (Å²) in [6.07, 6.45) is 4.30. The van der Waals surface area contributed by atoms with E-state index in [0.29, 0.717) is 41.7 Å². The number of benzene rings is 2. The Kier molecular flexibility index (Phi) is 8.90. The number of aromatic nitrogens is 2. The van der Waals surface area contributed by atoms with Gasteiger partial charge in [0.05, 0.1) is 25.1 Å². The summed E-state index contributed by atoms with van der Waals surface area (Å²) in [7, 11) is 2.99. The molecule has 8 nitrogen and oxygen atoms in total. The number of carbonyl (C=O) groups excluding carboxylic acids is 1. The maximum Gasteiger partial charge on any atom is 0.328 e. The normalized spacial score (nSPS) is 11.9. The van der Waals surface area contributed by atoms with Gasteiger partial charge in [-0.25, -0.2) is 4.79 Å². The number of amides is 1. The van der Waals surface area contributed by atoms with Crippen LogP contribution in [0.25, 0.3) is 10.9 Å². The largest absolute Gasteiger partial charge is 0.493 e. The first-order valence-corrected chi connectivity index (χ1v) is 11.6. The number of nitrogens with one attached hydrogen (secondary N) is 2. The smallest absolute Gasteiger partial charge is 0.328 e. The predicted molar refractivity (Wildman–Crippen MR) is 133 cm³/mol. The maximum absolute atomic E-state index is 12.9. The molecule has 0 saturated heterocycles. The molecule has 0 spiro atoms. The summed E-state index contributed by atoms with van der Waals surface area (Å²) < 4.78 is 11.7. The molecular formula is C26H33N3O5. The van der Waals surface area contributed by atoms with Gasteiger partial charge in [-0.15, -0.1) is 0 Å². The van der Waals surface area contributed by atoms with E-state index in [-0.39, 0.29) is 24.1 Å². The van der Waals surface area contributed by atoms with E-state index in [2.05, 4.69) is 22.4 Å². The van der Waals surface area contributed by atoms with Gasteiger partial charge in [-0.2, -0.15) is 0 Å². The Bertz CT molecular complexity index is 1220. The molecule has 0 saturated carbocycles. The van der Waals surface area contributed by atoms with Gasteiger partial charge in [0.1, 0.15) is 0 Å². The standard InChI is InChI=1S/C26H33N3O5/c1-18(13-14-19-10-6-4-7-11-19)27-24(30)12-8-5-9-15-29-25(31)20-16-22(33-2)23(34-3)17-21(20)28-26(29)32/h4,6-7,10-11,16-18H,5,8-9,12-15H2,1-3H3,(H,27,30)(H,28,32)/t18-/m1/s1. The van der Waals surface area contributed by atoms with Crippen molar-refractivity contribution < 1.29 is 14.3 Å². The lowest BCUT2D eigenvalue weighted by Crippen LogP contribution is -2.35. The first kappa shape index (κ1) is 25.1. The zero-order valence-electron chi connectivity index (χ0n) is 20.1. The van der Waals surface area contributed by atoms with Gasteiger partial charge in [0, 0.05) is 25.1 Å². The molecule has 0 aliphatic heterocycles. The summed E-state index contributed by atoms with van der Waals surface area (Å²) >= 11 is 0. The number of ether oxygens (including phenoxy) is 2. The van der Waals surface area contributed by atoms with Crippen LogP contribution < -0.4 is 26.0 Å². The van der Waals surface area contributed by atoms with E-state index >= 15 is 0 Å². The van der Waals surface area contributed by atoms with Gasteiger partial charge in [0.15, 0.2) is 11.5 Å². The molecule has 0 radical (unpaired) electrons. The van der Waals surface area contributed by atoms with E-state index in [9.17, 15) is 14.4 Å². The number of hydrogen-bond acceptors (Lipinski definition) is 5. The summed E-state index contributed by atoms with van der Waals surface area (Å²) in [5.74, 6) is 0.896. The van der Waals surface area contributed by atoms with Crippen LogP contribution in [0.2, 0.25) is 0 Å². The van der Waals surface area contributed by atoms with Crippen molar-refractivity contribution in [2.24, 2.45) is 0 Å². The van der Waals surface area contributed by atoms with Gasteiger partial charge in [-0.1, -0.05) is 36.8 Å². The number of H-pyrrole nitrogens is 1. The molecule has 3 aromatic rings. The number of rotatable bonds is 12. The van der Waals surface area contributed by atoms with Crippen LogP contribution in [0.4, 0.5) is 0 Å². The zero-order valence-corrected chi connectivity index (χ0v) is 20.1. The monoisotopic (exact) mass is 467 g/mol. The molecular weight excluding hydrogens is 434 g/mol. The highest BCUT2D eigenvalue weighted by molar-refractivity contribution is 5.81. The Morgan fingerprint density at radius 1 is 1.03 bits per heavy atom. The second-order valence-electron chi connectivity index (χ2n) is 8.44. The van der Waals surface area contributed by atoms with Crippen LogP contribution >= 0.6 is 0 Å². The van der Waals surface area contributed by atoms with Gasteiger partial charge in [-0.3, -0.25) is 14.2 Å². The van der Waals surface area contributed by atoms with Gasteiger partial charge in [-0.05, 0) is 44.2 Å². The highest BCUT2D eigenvalue weighted by atomic mass is 16.5. The van der Waals surface area contributed by atoms with E-state index in [1.54, 1.807) is 12.1 Å². The lowest BCUT2D eigenvalue weighted by Gasteiger charge is -2.14. The Morgan fingerprint density at radius 3 is 2.44 bits per heavy atom. The molecule has 0 aliphatic rings. The van der Waals surface area contributed by atoms with Crippen LogP contribution in [0.15, 0.2) is 52.1 Å². The fraction of sp³-hybridized carbons (Fsp3) is 0.423. The molecule has 0 fully saturated rings. The minimum absolute atomic E-state index is 0.0299. The van der Waals surface area contributed by atoms with Crippen LogP contribution in [-0.2, 0) is 17.8 Å². The first-order chi connectivity index (χ1) is 16.4. The molecule has 2 aromatic carbocycles. The molecule has 2 N–H and O–H groups in total.